The van der Waals surface area contributed by atoms with Crippen molar-refractivity contribution in [3.8, 4) is 17.2 Å². The average molecular weight is 378 g/mol. The highest BCUT2D eigenvalue weighted by Gasteiger charge is 2.12. The molecule has 0 aliphatic carbocycles. The van der Waals surface area contributed by atoms with Crippen LogP contribution in [0, 0.1) is 0 Å². The largest absolute Gasteiger partial charge is 0.493 e. The van der Waals surface area contributed by atoms with Crippen LogP contribution in [0.4, 0.5) is 5.69 Å². The molecule has 1 amide bonds. The first kappa shape index (κ1) is 15.7. The van der Waals surface area contributed by atoms with Crippen LogP contribution in [0.3, 0.4) is 0 Å². The Morgan fingerprint density at radius 1 is 1.13 bits per heavy atom. The number of halogens is 1. The summed E-state index contributed by atoms with van der Waals surface area (Å²) in [6, 6.07) is 12.9. The van der Waals surface area contributed by atoms with Gasteiger partial charge in [-0.25, -0.2) is 0 Å². The van der Waals surface area contributed by atoms with Crippen molar-refractivity contribution in [1.82, 2.24) is 0 Å². The summed E-state index contributed by atoms with van der Waals surface area (Å²) in [6.07, 6.45) is 0.265. The summed E-state index contributed by atoms with van der Waals surface area (Å²) in [4.78, 5) is 12.0. The minimum Gasteiger partial charge on any atom is -0.493 e. The van der Waals surface area contributed by atoms with Crippen LogP contribution in [-0.4, -0.2) is 25.7 Å². The van der Waals surface area contributed by atoms with Crippen molar-refractivity contribution in [1.29, 1.82) is 0 Å². The Morgan fingerprint density at radius 3 is 2.78 bits per heavy atom. The number of rotatable bonds is 5. The van der Waals surface area contributed by atoms with Crippen molar-refractivity contribution < 1.29 is 19.0 Å². The number of carbonyl (C=O) groups excluding carboxylic acids is 1. The summed E-state index contributed by atoms with van der Waals surface area (Å²) >= 11 is 3.38. The first-order valence-electron chi connectivity index (χ1n) is 7.28. The van der Waals surface area contributed by atoms with Crippen molar-refractivity contribution in [3.05, 3.63) is 46.9 Å². The van der Waals surface area contributed by atoms with Gasteiger partial charge in [0.2, 0.25) is 5.91 Å². The Hall–Kier alpha value is -2.21. The Kier molecular flexibility index (Phi) is 5.02. The van der Waals surface area contributed by atoms with E-state index in [-0.39, 0.29) is 12.3 Å². The number of amides is 1. The predicted octanol–water partition coefficient (Wildman–Crippen LogP) is 3.63. The van der Waals surface area contributed by atoms with Gasteiger partial charge < -0.3 is 19.5 Å². The third-order valence-electron chi connectivity index (χ3n) is 3.22. The summed E-state index contributed by atoms with van der Waals surface area (Å²) in [6.45, 7) is 1.38. The average Bonchev–Trinajstić information content (AvgIpc) is 2.55. The summed E-state index contributed by atoms with van der Waals surface area (Å²) in [5, 5.41) is 2.83. The van der Waals surface area contributed by atoms with Crippen LogP contribution in [0.25, 0.3) is 0 Å². The lowest BCUT2D eigenvalue weighted by Gasteiger charge is -2.19. The molecule has 0 radical (unpaired) electrons. The van der Waals surface area contributed by atoms with Gasteiger partial charge in [-0.1, -0.05) is 22.0 Å². The van der Waals surface area contributed by atoms with Gasteiger partial charge in [-0.15, -0.1) is 0 Å². The summed E-state index contributed by atoms with van der Waals surface area (Å²) < 4.78 is 17.4. The molecule has 0 fully saturated rings. The van der Waals surface area contributed by atoms with Gasteiger partial charge >= 0.3 is 0 Å². The van der Waals surface area contributed by atoms with E-state index in [4.69, 9.17) is 14.2 Å². The highest BCUT2D eigenvalue weighted by atomic mass is 79.9. The maximum Gasteiger partial charge on any atom is 0.227 e. The van der Waals surface area contributed by atoms with Crippen LogP contribution in [-0.2, 0) is 4.79 Å². The summed E-state index contributed by atoms with van der Waals surface area (Å²) in [7, 11) is 0. The van der Waals surface area contributed by atoms with E-state index in [0.29, 0.717) is 37.0 Å². The zero-order valence-electron chi connectivity index (χ0n) is 12.4. The van der Waals surface area contributed by atoms with Crippen LogP contribution in [0.2, 0.25) is 0 Å². The normalized spacial score (nSPS) is 12.6. The molecule has 0 bridgehead atoms. The fraction of sp³-hybridized carbons (Fsp3) is 0.235. The first-order valence-corrected chi connectivity index (χ1v) is 8.08. The minimum absolute atomic E-state index is 0.114. The second kappa shape index (κ2) is 7.37. The van der Waals surface area contributed by atoms with Crippen LogP contribution in [0.1, 0.15) is 6.42 Å². The minimum atomic E-state index is -0.114. The van der Waals surface area contributed by atoms with E-state index >= 15 is 0 Å². The predicted molar refractivity (Wildman–Crippen MR) is 90.3 cm³/mol. The van der Waals surface area contributed by atoms with Crippen molar-refractivity contribution in [2.75, 3.05) is 25.1 Å². The van der Waals surface area contributed by atoms with E-state index < -0.39 is 0 Å². The molecule has 0 spiro atoms. The number of anilines is 1. The van der Waals surface area contributed by atoms with Gasteiger partial charge in [0.15, 0.2) is 11.5 Å². The standard InChI is InChI=1S/C17H16BrNO4/c18-12-2-1-3-14(10-12)21-7-6-17(20)19-13-4-5-15-16(11-13)23-9-8-22-15/h1-5,10-11H,6-9H2,(H,19,20). The van der Waals surface area contributed by atoms with E-state index in [9.17, 15) is 4.79 Å². The number of ether oxygens (including phenoxy) is 3. The molecule has 1 N–H and O–H groups in total. The molecule has 6 heteroatoms. The number of benzene rings is 2. The van der Waals surface area contributed by atoms with Gasteiger partial charge in [0.25, 0.3) is 0 Å². The summed E-state index contributed by atoms with van der Waals surface area (Å²) in [5.41, 5.74) is 0.682. The van der Waals surface area contributed by atoms with Crippen LogP contribution in [0.5, 0.6) is 17.2 Å². The molecule has 2 aromatic rings. The highest BCUT2D eigenvalue weighted by molar-refractivity contribution is 9.10. The van der Waals surface area contributed by atoms with Gasteiger partial charge in [-0.3, -0.25) is 4.79 Å². The molecular formula is C17H16BrNO4. The molecule has 0 unspecified atom stereocenters. The van der Waals surface area contributed by atoms with Gasteiger partial charge in [-0.2, -0.15) is 0 Å². The third kappa shape index (κ3) is 4.39. The molecule has 0 atom stereocenters. The Balaban J connectivity index is 1.49. The molecule has 2 aromatic carbocycles. The molecule has 120 valence electrons. The number of nitrogens with one attached hydrogen (secondary N) is 1. The van der Waals surface area contributed by atoms with Gasteiger partial charge in [0.1, 0.15) is 19.0 Å². The Labute approximate surface area is 142 Å². The summed E-state index contributed by atoms with van der Waals surface area (Å²) in [5.74, 6) is 1.97. The lowest BCUT2D eigenvalue weighted by atomic mass is 10.2. The quantitative estimate of drug-likeness (QED) is 0.864. The zero-order valence-corrected chi connectivity index (χ0v) is 14.0. The molecule has 0 saturated heterocycles. The molecule has 1 aliphatic rings. The lowest BCUT2D eigenvalue weighted by molar-refractivity contribution is -0.116. The lowest BCUT2D eigenvalue weighted by Crippen LogP contribution is -2.17. The Morgan fingerprint density at radius 2 is 1.96 bits per heavy atom. The SMILES string of the molecule is O=C(CCOc1cccc(Br)c1)Nc1ccc2c(c1)OCCO2. The molecular weight excluding hydrogens is 362 g/mol. The monoisotopic (exact) mass is 377 g/mol. The number of hydrogen-bond acceptors (Lipinski definition) is 4. The van der Waals surface area contributed by atoms with Crippen molar-refractivity contribution in [2.45, 2.75) is 6.42 Å². The van der Waals surface area contributed by atoms with Gasteiger partial charge in [0.05, 0.1) is 13.0 Å². The zero-order chi connectivity index (χ0) is 16.1. The smallest absolute Gasteiger partial charge is 0.227 e. The topological polar surface area (TPSA) is 56.8 Å². The van der Waals surface area contributed by atoms with Gasteiger partial charge in [-0.05, 0) is 30.3 Å². The first-order chi connectivity index (χ1) is 11.2. The fourth-order valence-electron chi connectivity index (χ4n) is 2.16. The second-order valence-corrected chi connectivity index (χ2v) is 5.88. The van der Waals surface area contributed by atoms with E-state index in [1.807, 2.05) is 24.3 Å². The molecule has 23 heavy (non-hydrogen) atoms. The number of carbonyl (C=O) groups is 1. The van der Waals surface area contributed by atoms with E-state index in [0.717, 1.165) is 10.2 Å². The van der Waals surface area contributed by atoms with Crippen LogP contribution < -0.4 is 19.5 Å². The van der Waals surface area contributed by atoms with E-state index in [1.54, 1.807) is 18.2 Å². The molecule has 5 nitrogen and oxygen atoms in total. The molecule has 1 heterocycles. The second-order valence-electron chi connectivity index (χ2n) is 4.96. The molecule has 0 saturated carbocycles. The van der Waals surface area contributed by atoms with E-state index in [1.165, 1.54) is 0 Å². The van der Waals surface area contributed by atoms with E-state index in [2.05, 4.69) is 21.2 Å². The maximum absolute atomic E-state index is 12.0. The fourth-order valence-corrected chi connectivity index (χ4v) is 2.54. The Bertz CT molecular complexity index is 705. The number of fused-ring (bicyclic) bond motifs is 1. The van der Waals surface area contributed by atoms with Crippen molar-refractivity contribution in [2.24, 2.45) is 0 Å². The molecule has 3 rings (SSSR count). The molecule has 1 aliphatic heterocycles. The number of hydrogen-bond donors (Lipinski definition) is 1. The third-order valence-corrected chi connectivity index (χ3v) is 3.71. The van der Waals surface area contributed by atoms with Crippen LogP contribution in [0.15, 0.2) is 46.9 Å². The maximum atomic E-state index is 12.0. The van der Waals surface area contributed by atoms with Crippen LogP contribution >= 0.6 is 15.9 Å². The van der Waals surface area contributed by atoms with Crippen molar-refractivity contribution >= 4 is 27.5 Å². The van der Waals surface area contributed by atoms with Crippen molar-refractivity contribution in [3.63, 3.8) is 0 Å². The van der Waals surface area contributed by atoms with Gasteiger partial charge in [0, 0.05) is 16.2 Å². The highest BCUT2D eigenvalue weighted by Crippen LogP contribution is 2.32. The molecule has 0 aromatic heterocycles.